The predicted molar refractivity (Wildman–Crippen MR) is 108 cm³/mol. The van der Waals surface area contributed by atoms with Crippen LogP contribution >= 0.6 is 0 Å². The van der Waals surface area contributed by atoms with Gasteiger partial charge in [-0.15, -0.1) is 0 Å². The molecule has 2 rings (SSSR count). The number of hydrogen-bond acceptors (Lipinski definition) is 4. The van der Waals surface area contributed by atoms with Crippen LogP contribution < -0.4 is 16.1 Å². The van der Waals surface area contributed by atoms with Gasteiger partial charge >= 0.3 is 5.97 Å². The average molecular weight is 372 g/mol. The van der Waals surface area contributed by atoms with E-state index in [1.165, 1.54) is 7.11 Å². The smallest absolute Gasteiger partial charge is 0.325 e. The Hall–Kier alpha value is -1.95. The van der Waals surface area contributed by atoms with Crippen molar-refractivity contribution in [1.82, 2.24) is 0 Å². The summed E-state index contributed by atoms with van der Waals surface area (Å²) in [6.07, 6.45) is -0.478. The van der Waals surface area contributed by atoms with Gasteiger partial charge in [-0.05, 0) is 22.3 Å². The third kappa shape index (κ3) is 3.90. The molecular formula is C21H29NO3Si. The van der Waals surface area contributed by atoms with E-state index in [2.05, 4.69) is 45.0 Å². The molecule has 0 saturated carbocycles. The van der Waals surface area contributed by atoms with E-state index in [9.17, 15) is 4.79 Å². The Bertz CT molecular complexity index is 674. The SMILES string of the molecule is COC(=O)[C@@H](N)[C@H](C)O[Si](c1ccccc1)(c1ccccc1)C(C)(C)C. The summed E-state index contributed by atoms with van der Waals surface area (Å²) in [6.45, 7) is 8.42. The highest BCUT2D eigenvalue weighted by molar-refractivity contribution is 6.99. The molecule has 0 radical (unpaired) electrons. The Morgan fingerprint density at radius 3 is 1.73 bits per heavy atom. The lowest BCUT2D eigenvalue weighted by atomic mass is 10.2. The molecule has 2 atom stereocenters. The Labute approximate surface area is 157 Å². The van der Waals surface area contributed by atoms with Crippen molar-refractivity contribution in [1.29, 1.82) is 0 Å². The third-order valence-corrected chi connectivity index (χ3v) is 9.89. The van der Waals surface area contributed by atoms with Crippen LogP contribution in [0.1, 0.15) is 27.7 Å². The lowest BCUT2D eigenvalue weighted by Gasteiger charge is -2.45. The van der Waals surface area contributed by atoms with Gasteiger partial charge in [0.2, 0.25) is 0 Å². The zero-order chi connectivity index (χ0) is 19.4. The van der Waals surface area contributed by atoms with E-state index < -0.39 is 26.4 Å². The van der Waals surface area contributed by atoms with Crippen LogP contribution in [0.4, 0.5) is 0 Å². The molecule has 0 aliphatic heterocycles. The van der Waals surface area contributed by atoms with Gasteiger partial charge in [-0.1, -0.05) is 81.4 Å². The molecule has 0 bridgehead atoms. The first-order valence-corrected chi connectivity index (χ1v) is 10.8. The number of hydrogen-bond donors (Lipinski definition) is 1. The standard InChI is InChI=1S/C21H29NO3Si/c1-16(19(22)20(23)24-5)25-26(21(2,3)4,17-12-8-6-9-13-17)18-14-10-7-11-15-18/h6-16,19H,22H2,1-5H3/t16-,19-/m0/s1. The summed E-state index contributed by atoms with van der Waals surface area (Å²) in [4.78, 5) is 11.9. The Morgan fingerprint density at radius 1 is 0.962 bits per heavy atom. The lowest BCUT2D eigenvalue weighted by molar-refractivity contribution is -0.144. The van der Waals surface area contributed by atoms with Gasteiger partial charge in [-0.25, -0.2) is 0 Å². The summed E-state index contributed by atoms with van der Waals surface area (Å²) in [5.41, 5.74) is 6.10. The van der Waals surface area contributed by atoms with Crippen LogP contribution in [0, 0.1) is 0 Å². The molecule has 26 heavy (non-hydrogen) atoms. The fourth-order valence-corrected chi connectivity index (χ4v) is 8.09. The molecule has 0 fully saturated rings. The van der Waals surface area contributed by atoms with Crippen LogP contribution in [0.25, 0.3) is 0 Å². The number of ether oxygens (including phenoxy) is 1. The van der Waals surface area contributed by atoms with Crippen LogP contribution in [-0.2, 0) is 14.0 Å². The van der Waals surface area contributed by atoms with Gasteiger partial charge in [0.15, 0.2) is 0 Å². The van der Waals surface area contributed by atoms with Gasteiger partial charge in [-0.2, -0.15) is 0 Å². The van der Waals surface area contributed by atoms with Gasteiger partial charge in [0, 0.05) is 0 Å². The van der Waals surface area contributed by atoms with Gasteiger partial charge in [0.25, 0.3) is 8.32 Å². The van der Waals surface area contributed by atoms with Crippen molar-refractivity contribution < 1.29 is 14.0 Å². The molecule has 2 N–H and O–H groups in total. The summed E-state index contributed by atoms with van der Waals surface area (Å²) < 4.78 is 11.6. The molecule has 0 aliphatic rings. The summed E-state index contributed by atoms with van der Waals surface area (Å²) in [7, 11) is -1.38. The molecule has 2 aromatic rings. The van der Waals surface area contributed by atoms with Crippen LogP contribution in [0.5, 0.6) is 0 Å². The van der Waals surface area contributed by atoms with Crippen LogP contribution in [0.2, 0.25) is 5.04 Å². The van der Waals surface area contributed by atoms with E-state index in [4.69, 9.17) is 14.9 Å². The zero-order valence-electron chi connectivity index (χ0n) is 16.2. The van der Waals surface area contributed by atoms with Gasteiger partial charge in [0.1, 0.15) is 6.04 Å². The minimum Gasteiger partial charge on any atom is -0.468 e. The van der Waals surface area contributed by atoms with E-state index in [1.54, 1.807) is 0 Å². The maximum Gasteiger partial charge on any atom is 0.325 e. The fourth-order valence-electron chi connectivity index (χ4n) is 3.37. The number of rotatable bonds is 6. The second kappa shape index (κ2) is 8.16. The van der Waals surface area contributed by atoms with Crippen molar-refractivity contribution in [2.45, 2.75) is 44.9 Å². The topological polar surface area (TPSA) is 61.5 Å². The predicted octanol–water partition coefficient (Wildman–Crippen LogP) is 2.45. The van der Waals surface area contributed by atoms with Crippen molar-refractivity contribution in [3.63, 3.8) is 0 Å². The van der Waals surface area contributed by atoms with Gasteiger partial charge < -0.3 is 14.9 Å². The first kappa shape index (κ1) is 20.4. The van der Waals surface area contributed by atoms with Crippen LogP contribution in [-0.4, -0.2) is 33.5 Å². The summed E-state index contributed by atoms with van der Waals surface area (Å²) in [6, 6.07) is 19.7. The molecule has 4 nitrogen and oxygen atoms in total. The average Bonchev–Trinajstić information content (AvgIpc) is 2.65. The molecule has 0 amide bonds. The minimum absolute atomic E-state index is 0.167. The molecule has 2 aromatic carbocycles. The summed E-state index contributed by atoms with van der Waals surface area (Å²) >= 11 is 0. The van der Waals surface area contributed by atoms with Crippen LogP contribution in [0.3, 0.4) is 0 Å². The second-order valence-corrected chi connectivity index (χ2v) is 11.8. The van der Waals surface area contributed by atoms with E-state index >= 15 is 0 Å². The van der Waals surface area contributed by atoms with E-state index in [0.717, 1.165) is 10.4 Å². The molecule has 0 saturated heterocycles. The maximum absolute atomic E-state index is 11.9. The van der Waals surface area contributed by atoms with Crippen molar-refractivity contribution >= 4 is 24.7 Å². The highest BCUT2D eigenvalue weighted by Gasteiger charge is 2.51. The van der Waals surface area contributed by atoms with E-state index in [-0.39, 0.29) is 5.04 Å². The molecule has 0 unspecified atom stereocenters. The number of carbonyl (C=O) groups is 1. The van der Waals surface area contributed by atoms with Crippen molar-refractivity contribution in [2.75, 3.05) is 7.11 Å². The highest BCUT2D eigenvalue weighted by Crippen LogP contribution is 2.37. The van der Waals surface area contributed by atoms with E-state index in [1.807, 2.05) is 43.3 Å². The monoisotopic (exact) mass is 371 g/mol. The number of esters is 1. The normalized spacial score (nSPS) is 14.5. The minimum atomic E-state index is -2.72. The summed E-state index contributed by atoms with van der Waals surface area (Å²) in [5.74, 6) is -0.463. The number of methoxy groups -OCH3 is 1. The number of nitrogens with two attached hydrogens (primary N) is 1. The molecule has 0 aromatic heterocycles. The van der Waals surface area contributed by atoms with Gasteiger partial charge in [-0.3, -0.25) is 4.79 Å². The molecule has 5 heteroatoms. The first-order chi connectivity index (χ1) is 12.2. The molecule has 0 heterocycles. The fraction of sp³-hybridized carbons (Fsp3) is 0.381. The highest BCUT2D eigenvalue weighted by atomic mass is 28.4. The van der Waals surface area contributed by atoms with Crippen molar-refractivity contribution in [3.8, 4) is 0 Å². The quantitative estimate of drug-likeness (QED) is 0.626. The van der Waals surface area contributed by atoms with E-state index in [0.29, 0.717) is 0 Å². The summed E-state index contributed by atoms with van der Waals surface area (Å²) in [5, 5.41) is 2.14. The second-order valence-electron chi connectivity index (χ2n) is 7.54. The third-order valence-electron chi connectivity index (χ3n) is 4.76. The van der Waals surface area contributed by atoms with Crippen molar-refractivity contribution in [2.24, 2.45) is 5.73 Å². The van der Waals surface area contributed by atoms with Crippen molar-refractivity contribution in [3.05, 3.63) is 60.7 Å². The largest absolute Gasteiger partial charge is 0.468 e. The lowest BCUT2D eigenvalue weighted by Crippen LogP contribution is -2.69. The zero-order valence-corrected chi connectivity index (χ0v) is 17.2. The van der Waals surface area contributed by atoms with Gasteiger partial charge in [0.05, 0.1) is 13.2 Å². The Kier molecular flexibility index (Phi) is 6.39. The maximum atomic E-state index is 11.9. The van der Waals surface area contributed by atoms with Crippen LogP contribution in [0.15, 0.2) is 60.7 Å². The number of carbonyl (C=O) groups excluding carboxylic acids is 1. The molecule has 0 spiro atoms. The Balaban J connectivity index is 2.63. The molecule has 140 valence electrons. The Morgan fingerprint density at radius 2 is 1.38 bits per heavy atom. The molecule has 0 aliphatic carbocycles. The first-order valence-electron chi connectivity index (χ1n) is 8.86. The molecular weight excluding hydrogens is 342 g/mol. The number of benzene rings is 2.